The highest BCUT2D eigenvalue weighted by molar-refractivity contribution is 6.84. The predicted molar refractivity (Wildman–Crippen MR) is 275 cm³/mol. The minimum atomic E-state index is -1.52. The van der Waals surface area contributed by atoms with Gasteiger partial charge in [-0.15, -0.1) is 11.1 Å². The first-order valence-corrected chi connectivity index (χ1v) is 29.8. The Morgan fingerprint density at radius 2 is 0.955 bits per heavy atom. The molecule has 66 heavy (non-hydrogen) atoms. The average Bonchev–Trinajstić information content (AvgIpc) is 3.74. The number of benzene rings is 6. The molecule has 2 aliphatic heterocycles. The Labute approximate surface area is 393 Å². The molecule has 1 aliphatic carbocycles. The summed E-state index contributed by atoms with van der Waals surface area (Å²) in [4.78, 5) is 31.7. The smallest absolute Gasteiger partial charge is 0.176 e. The lowest BCUT2D eigenvalue weighted by Crippen LogP contribution is -2.59. The van der Waals surface area contributed by atoms with E-state index in [9.17, 15) is 9.59 Å². The normalized spacial score (nSPS) is 16.2. The van der Waals surface area contributed by atoms with Gasteiger partial charge < -0.3 is 4.90 Å². The van der Waals surface area contributed by atoms with Crippen LogP contribution in [-0.2, 0) is 27.0 Å². The topological polar surface area (TPSA) is 37.4 Å². The summed E-state index contributed by atoms with van der Waals surface area (Å²) in [6.07, 6.45) is 0.726. The van der Waals surface area contributed by atoms with Gasteiger partial charge in [-0.05, 0) is 132 Å². The monoisotopic (exact) mass is 887 g/mol. The quantitative estimate of drug-likeness (QED) is 0.131. The summed E-state index contributed by atoms with van der Waals surface area (Å²) >= 11 is 0. The summed E-state index contributed by atoms with van der Waals surface area (Å²) in [5.41, 5.74) is 19.4. The SMILES string of the molecule is CC(=O)C1=C(C(C)=O)C2(c3cc(C#Cc4ccc(C#C[Si](C)(C)C)cc4)ccc3-c3ccc(C#Cc4ccc(C#C[Si](C)(C)C)cc4)cc32)C2(c3ccc(C)cc3)c3ccccc3CCN12. The third-order valence-electron chi connectivity index (χ3n) is 12.8. The molecule has 0 amide bonds. The largest absolute Gasteiger partial charge is 0.353 e. The van der Waals surface area contributed by atoms with Crippen LogP contribution in [0.2, 0.25) is 39.3 Å². The van der Waals surface area contributed by atoms with Gasteiger partial charge >= 0.3 is 0 Å². The van der Waals surface area contributed by atoms with Crippen molar-refractivity contribution in [2.45, 2.75) is 77.4 Å². The molecule has 0 fully saturated rings. The molecule has 9 rings (SSSR count). The molecule has 6 aromatic carbocycles. The number of ketones is 2. The molecule has 1 unspecified atom stereocenters. The van der Waals surface area contributed by atoms with Crippen LogP contribution in [0.25, 0.3) is 11.1 Å². The van der Waals surface area contributed by atoms with Crippen LogP contribution in [0, 0.1) is 53.5 Å². The number of allylic oxidation sites excluding steroid dienone is 1. The van der Waals surface area contributed by atoms with Crippen molar-refractivity contribution in [2.24, 2.45) is 0 Å². The fraction of sp³-hybridized carbons (Fsp3) is 0.213. The van der Waals surface area contributed by atoms with Crippen molar-refractivity contribution < 1.29 is 9.59 Å². The number of nitrogens with zero attached hydrogens (tertiary/aromatic N) is 1. The Kier molecular flexibility index (Phi) is 11.2. The van der Waals surface area contributed by atoms with Crippen molar-refractivity contribution in [3.63, 3.8) is 0 Å². The maximum Gasteiger partial charge on any atom is 0.176 e. The molecule has 0 N–H and O–H groups in total. The van der Waals surface area contributed by atoms with E-state index >= 15 is 0 Å². The summed E-state index contributed by atoms with van der Waals surface area (Å²) < 4.78 is 0. The van der Waals surface area contributed by atoms with E-state index < -0.39 is 27.1 Å². The molecular formula is C61H53NO2Si2. The number of hydrogen-bond donors (Lipinski definition) is 0. The van der Waals surface area contributed by atoms with Gasteiger partial charge in [-0.1, -0.05) is 141 Å². The van der Waals surface area contributed by atoms with Crippen LogP contribution < -0.4 is 0 Å². The molecule has 1 spiro atoms. The highest BCUT2D eigenvalue weighted by atomic mass is 28.3. The Bertz CT molecular complexity index is 3150. The van der Waals surface area contributed by atoms with Crippen LogP contribution in [0.3, 0.4) is 0 Å². The summed E-state index contributed by atoms with van der Waals surface area (Å²) in [5, 5.41) is 0. The second kappa shape index (κ2) is 16.7. The van der Waals surface area contributed by atoms with Crippen LogP contribution in [0.5, 0.6) is 0 Å². The van der Waals surface area contributed by atoms with Crippen LogP contribution >= 0.6 is 0 Å². The molecule has 6 aromatic rings. The second-order valence-electron chi connectivity index (χ2n) is 19.9. The molecule has 322 valence electrons. The number of Topliss-reactive ketones (excluding diaryl/α,β-unsaturated/α-hetero) is 2. The lowest BCUT2D eigenvalue weighted by atomic mass is 9.54. The zero-order valence-electron chi connectivity index (χ0n) is 39.4. The van der Waals surface area contributed by atoms with Gasteiger partial charge in [-0.2, -0.15) is 0 Å². The maximum absolute atomic E-state index is 15.0. The van der Waals surface area contributed by atoms with Gasteiger partial charge in [-0.3, -0.25) is 9.59 Å². The highest BCUT2D eigenvalue weighted by Crippen LogP contribution is 2.70. The fourth-order valence-electron chi connectivity index (χ4n) is 10.2. The van der Waals surface area contributed by atoms with Crippen molar-refractivity contribution >= 4 is 27.7 Å². The summed E-state index contributed by atoms with van der Waals surface area (Å²) in [5.74, 6) is 20.3. The van der Waals surface area contributed by atoms with Gasteiger partial charge in [0.15, 0.2) is 11.6 Å². The molecule has 1 atom stereocenters. The molecular weight excluding hydrogens is 835 g/mol. The zero-order valence-corrected chi connectivity index (χ0v) is 41.4. The number of carbonyl (C=O) groups excluding carboxylic acids is 2. The third-order valence-corrected chi connectivity index (χ3v) is 14.5. The molecule has 2 heterocycles. The second-order valence-corrected chi connectivity index (χ2v) is 29.4. The standard InChI is InChI=1S/C61H53NO2Si2/c1-42-14-30-52(31-15-42)61-55-13-11-10-12-51(55)34-37-62(61)59(44(3)64)58(43(2)63)60(61)56-40-49(26-24-45-16-20-47(21-17-45)35-38-65(4,5)6)28-32-53(56)54-33-29-50(41-57(54)60)27-25-46-18-22-48(23-19-46)36-39-66(7,8)9/h10-23,28-33,40-41H,34,37H2,1-9H3. The zero-order chi connectivity index (χ0) is 46.6. The Morgan fingerprint density at radius 3 is 1.41 bits per heavy atom. The fourth-order valence-corrected chi connectivity index (χ4v) is 11.2. The first kappa shape index (κ1) is 44.1. The number of rotatable bonds is 3. The number of hydrogen-bond acceptors (Lipinski definition) is 3. The predicted octanol–water partition coefficient (Wildman–Crippen LogP) is 11.8. The van der Waals surface area contributed by atoms with Gasteiger partial charge in [0.25, 0.3) is 0 Å². The number of carbonyl (C=O) groups is 2. The molecule has 3 aliphatic rings. The summed E-state index contributed by atoms with van der Waals surface area (Å²) in [6.45, 7) is 19.4. The maximum atomic E-state index is 15.0. The first-order chi connectivity index (χ1) is 31.5. The molecule has 0 radical (unpaired) electrons. The molecule has 0 aromatic heterocycles. The number of fused-ring (bicyclic) bond motifs is 9. The van der Waals surface area contributed by atoms with Crippen molar-refractivity contribution in [1.29, 1.82) is 0 Å². The van der Waals surface area contributed by atoms with E-state index in [2.05, 4.69) is 183 Å². The van der Waals surface area contributed by atoms with Crippen LogP contribution in [0.4, 0.5) is 0 Å². The van der Waals surface area contributed by atoms with Crippen molar-refractivity contribution in [3.8, 4) is 57.7 Å². The molecule has 0 saturated heterocycles. The van der Waals surface area contributed by atoms with Crippen LogP contribution in [-0.4, -0.2) is 39.2 Å². The van der Waals surface area contributed by atoms with Crippen LogP contribution in [0.1, 0.15) is 80.6 Å². The molecule has 5 heteroatoms. The van der Waals surface area contributed by atoms with E-state index in [1.807, 2.05) is 48.5 Å². The van der Waals surface area contributed by atoms with Crippen molar-refractivity contribution in [3.05, 3.63) is 211 Å². The summed E-state index contributed by atoms with van der Waals surface area (Å²) in [6, 6.07) is 46.4. The highest BCUT2D eigenvalue weighted by Gasteiger charge is 2.71. The minimum absolute atomic E-state index is 0.134. The van der Waals surface area contributed by atoms with Crippen LogP contribution in [0.15, 0.2) is 145 Å². The van der Waals surface area contributed by atoms with Crippen molar-refractivity contribution in [1.82, 2.24) is 4.90 Å². The minimum Gasteiger partial charge on any atom is -0.353 e. The van der Waals surface area contributed by atoms with E-state index in [4.69, 9.17) is 0 Å². The van der Waals surface area contributed by atoms with E-state index in [-0.39, 0.29) is 11.6 Å². The lowest BCUT2D eigenvalue weighted by Gasteiger charge is -2.55. The molecule has 0 saturated carbocycles. The molecule has 0 bridgehead atoms. The van der Waals surface area contributed by atoms with Gasteiger partial charge in [0.1, 0.15) is 21.7 Å². The average molecular weight is 888 g/mol. The van der Waals surface area contributed by atoms with E-state index in [0.717, 1.165) is 78.7 Å². The Balaban J connectivity index is 1.31. The van der Waals surface area contributed by atoms with E-state index in [1.54, 1.807) is 13.8 Å². The molecule has 3 nitrogen and oxygen atoms in total. The van der Waals surface area contributed by atoms with Gasteiger partial charge in [0.05, 0.1) is 11.1 Å². The first-order valence-electron chi connectivity index (χ1n) is 22.8. The lowest BCUT2D eigenvalue weighted by molar-refractivity contribution is -0.117. The van der Waals surface area contributed by atoms with Crippen molar-refractivity contribution in [2.75, 3.05) is 6.54 Å². The van der Waals surface area contributed by atoms with Gasteiger partial charge in [0.2, 0.25) is 0 Å². The van der Waals surface area contributed by atoms with Gasteiger partial charge in [-0.25, -0.2) is 0 Å². The van der Waals surface area contributed by atoms with E-state index in [1.165, 1.54) is 5.56 Å². The Morgan fingerprint density at radius 1 is 0.515 bits per heavy atom. The van der Waals surface area contributed by atoms with Gasteiger partial charge in [0, 0.05) is 52.4 Å². The van der Waals surface area contributed by atoms with E-state index in [0.29, 0.717) is 17.8 Å². The third kappa shape index (κ3) is 7.70. The Hall–Kier alpha value is -7.13. The number of aryl methyl sites for hydroxylation is 1. The summed E-state index contributed by atoms with van der Waals surface area (Å²) in [7, 11) is -3.03.